The normalized spacial score (nSPS) is 14.4. The third kappa shape index (κ3) is 3.37. The van der Waals surface area contributed by atoms with E-state index in [-0.39, 0.29) is 0 Å². The molecule has 0 bridgehead atoms. The fourth-order valence-corrected chi connectivity index (χ4v) is 3.74. The van der Waals surface area contributed by atoms with Crippen molar-refractivity contribution in [1.29, 1.82) is 0 Å². The highest BCUT2D eigenvalue weighted by molar-refractivity contribution is 6.76. The Morgan fingerprint density at radius 3 is 2.92 bits per heavy atom. The molecule has 0 radical (unpaired) electrons. The molecule has 0 saturated carbocycles. The Labute approximate surface area is 148 Å². The van der Waals surface area contributed by atoms with E-state index in [1.807, 2.05) is 21.5 Å². The largest absolute Gasteiger partial charge is 0.361 e. The zero-order valence-corrected chi connectivity index (χ0v) is 16.0. The van der Waals surface area contributed by atoms with Crippen LogP contribution in [0.1, 0.15) is 11.3 Å². The van der Waals surface area contributed by atoms with E-state index < -0.39 is 8.07 Å². The first kappa shape index (κ1) is 16.4. The Morgan fingerprint density at radius 2 is 2.12 bits per heavy atom. The number of rotatable bonds is 6. The van der Waals surface area contributed by atoms with Crippen LogP contribution in [0.5, 0.6) is 0 Å². The van der Waals surface area contributed by atoms with Gasteiger partial charge in [-0.25, -0.2) is 14.6 Å². The summed E-state index contributed by atoms with van der Waals surface area (Å²) in [5.41, 5.74) is 3.22. The van der Waals surface area contributed by atoms with E-state index in [4.69, 9.17) is 4.74 Å². The molecule has 0 aromatic carbocycles. The maximum absolute atomic E-state index is 5.86. The summed E-state index contributed by atoms with van der Waals surface area (Å²) in [4.78, 5) is 8.90. The molecule has 3 aromatic heterocycles. The van der Waals surface area contributed by atoms with Gasteiger partial charge in [0, 0.05) is 45.7 Å². The summed E-state index contributed by atoms with van der Waals surface area (Å²) in [6, 6.07) is 3.21. The van der Waals surface area contributed by atoms with E-state index in [0.29, 0.717) is 6.73 Å². The van der Waals surface area contributed by atoms with E-state index in [2.05, 4.69) is 46.2 Å². The fraction of sp³-hybridized carbons (Fsp3) is 0.471. The Bertz CT molecular complexity index is 873. The van der Waals surface area contributed by atoms with Gasteiger partial charge in [-0.3, -0.25) is 0 Å². The van der Waals surface area contributed by atoms with Crippen molar-refractivity contribution >= 4 is 19.1 Å². The smallest absolute Gasteiger partial charge is 0.166 e. The van der Waals surface area contributed by atoms with Crippen molar-refractivity contribution in [3.63, 3.8) is 0 Å². The molecule has 0 fully saturated rings. The van der Waals surface area contributed by atoms with Crippen LogP contribution in [0.3, 0.4) is 0 Å². The van der Waals surface area contributed by atoms with E-state index in [9.17, 15) is 0 Å². The number of hydrogen-bond donors (Lipinski definition) is 1. The molecule has 4 heterocycles. The van der Waals surface area contributed by atoms with Gasteiger partial charge in [-0.05, 0) is 12.1 Å². The Hall–Kier alpha value is -2.03. The molecular formula is C17H24N6OSi. The molecule has 4 rings (SSSR count). The van der Waals surface area contributed by atoms with Crippen LogP contribution in [-0.2, 0) is 24.6 Å². The lowest BCUT2D eigenvalue weighted by Gasteiger charge is -2.15. The van der Waals surface area contributed by atoms with Crippen molar-refractivity contribution < 1.29 is 4.74 Å². The van der Waals surface area contributed by atoms with Gasteiger partial charge in [-0.15, -0.1) is 0 Å². The standard InChI is InChI=1S/C17H24N6OSi/c1-25(2,3)7-6-24-12-22-5-4-14-16(22)19-11-20-17(14)23-10-13-8-18-9-15(13)21-23/h4-5,10-11,18H,6-9,12H2,1-3H3. The van der Waals surface area contributed by atoms with Gasteiger partial charge in [-0.1, -0.05) is 19.6 Å². The summed E-state index contributed by atoms with van der Waals surface area (Å²) in [5.74, 6) is 0.820. The quantitative estimate of drug-likeness (QED) is 0.543. The molecule has 0 spiro atoms. The third-order valence-electron chi connectivity index (χ3n) is 4.46. The van der Waals surface area contributed by atoms with Crippen molar-refractivity contribution in [3.8, 4) is 5.82 Å². The first-order valence-corrected chi connectivity index (χ1v) is 12.4. The van der Waals surface area contributed by atoms with Crippen LogP contribution in [0, 0.1) is 0 Å². The molecule has 25 heavy (non-hydrogen) atoms. The molecule has 7 nitrogen and oxygen atoms in total. The lowest BCUT2D eigenvalue weighted by Crippen LogP contribution is -2.22. The predicted octanol–water partition coefficient (Wildman–Crippen LogP) is 2.53. The third-order valence-corrected chi connectivity index (χ3v) is 6.17. The van der Waals surface area contributed by atoms with Gasteiger partial charge in [0.2, 0.25) is 0 Å². The van der Waals surface area contributed by atoms with Crippen LogP contribution in [0.4, 0.5) is 0 Å². The lowest BCUT2D eigenvalue weighted by atomic mass is 10.3. The van der Waals surface area contributed by atoms with Crippen molar-refractivity contribution in [2.75, 3.05) is 6.61 Å². The fourth-order valence-electron chi connectivity index (χ4n) is 2.98. The molecule has 0 atom stereocenters. The summed E-state index contributed by atoms with van der Waals surface area (Å²) in [5, 5.41) is 8.94. The van der Waals surface area contributed by atoms with Crippen LogP contribution in [0.15, 0.2) is 24.8 Å². The maximum Gasteiger partial charge on any atom is 0.166 e. The Balaban J connectivity index is 1.55. The number of nitrogens with one attached hydrogen (secondary N) is 1. The molecule has 0 unspecified atom stereocenters. The van der Waals surface area contributed by atoms with Crippen LogP contribution >= 0.6 is 0 Å². The SMILES string of the molecule is C[Si](C)(C)CCOCn1ccc2c(-n3cc4c(n3)CNC4)ncnc21. The average Bonchev–Trinajstić information content (AvgIpc) is 3.24. The summed E-state index contributed by atoms with van der Waals surface area (Å²) in [6.45, 7) is 10.1. The highest BCUT2D eigenvalue weighted by atomic mass is 28.3. The number of ether oxygens (including phenoxy) is 1. The molecule has 3 aromatic rings. The minimum atomic E-state index is -1.06. The summed E-state index contributed by atoms with van der Waals surface area (Å²) >= 11 is 0. The van der Waals surface area contributed by atoms with Gasteiger partial charge >= 0.3 is 0 Å². The molecule has 8 heteroatoms. The van der Waals surface area contributed by atoms with Crippen LogP contribution < -0.4 is 5.32 Å². The topological polar surface area (TPSA) is 69.8 Å². The van der Waals surface area contributed by atoms with Crippen molar-refractivity contribution in [2.45, 2.75) is 45.5 Å². The zero-order chi connectivity index (χ0) is 17.4. The number of hydrogen-bond acceptors (Lipinski definition) is 5. The second-order valence-corrected chi connectivity index (χ2v) is 13.3. The average molecular weight is 357 g/mol. The van der Waals surface area contributed by atoms with Crippen LogP contribution in [-0.4, -0.2) is 39.0 Å². The number of fused-ring (bicyclic) bond motifs is 2. The molecule has 0 aliphatic carbocycles. The zero-order valence-electron chi connectivity index (χ0n) is 15.0. The van der Waals surface area contributed by atoms with Crippen molar-refractivity contribution in [1.82, 2.24) is 29.6 Å². The predicted molar refractivity (Wildman–Crippen MR) is 99.3 cm³/mol. The number of aromatic nitrogens is 5. The number of nitrogens with zero attached hydrogens (tertiary/aromatic N) is 5. The lowest BCUT2D eigenvalue weighted by molar-refractivity contribution is 0.0899. The van der Waals surface area contributed by atoms with E-state index in [1.165, 1.54) is 11.6 Å². The Kier molecular flexibility index (Phi) is 4.18. The van der Waals surface area contributed by atoms with E-state index in [0.717, 1.165) is 42.2 Å². The van der Waals surface area contributed by atoms with E-state index >= 15 is 0 Å². The van der Waals surface area contributed by atoms with Gasteiger partial charge in [-0.2, -0.15) is 5.10 Å². The van der Waals surface area contributed by atoms with Gasteiger partial charge in [0.1, 0.15) is 18.7 Å². The van der Waals surface area contributed by atoms with Crippen LogP contribution in [0.2, 0.25) is 25.7 Å². The molecular weight excluding hydrogens is 332 g/mol. The molecule has 1 aliphatic heterocycles. The monoisotopic (exact) mass is 356 g/mol. The van der Waals surface area contributed by atoms with Crippen LogP contribution in [0.25, 0.3) is 16.9 Å². The summed E-state index contributed by atoms with van der Waals surface area (Å²) < 4.78 is 9.76. The molecule has 1 N–H and O–H groups in total. The van der Waals surface area contributed by atoms with Crippen molar-refractivity contribution in [3.05, 3.63) is 36.0 Å². The van der Waals surface area contributed by atoms with Gasteiger partial charge in [0.05, 0.1) is 11.1 Å². The minimum absolute atomic E-state index is 0.518. The second kappa shape index (κ2) is 6.36. The Morgan fingerprint density at radius 1 is 1.24 bits per heavy atom. The second-order valence-electron chi connectivity index (χ2n) is 7.72. The molecule has 1 aliphatic rings. The first-order chi connectivity index (χ1) is 12.0. The minimum Gasteiger partial charge on any atom is -0.361 e. The summed E-state index contributed by atoms with van der Waals surface area (Å²) in [7, 11) is -1.06. The highest BCUT2D eigenvalue weighted by Crippen LogP contribution is 2.22. The van der Waals surface area contributed by atoms with Gasteiger partial charge in [0.25, 0.3) is 0 Å². The first-order valence-electron chi connectivity index (χ1n) is 8.67. The maximum atomic E-state index is 5.86. The molecule has 0 saturated heterocycles. The van der Waals surface area contributed by atoms with Crippen molar-refractivity contribution in [2.24, 2.45) is 0 Å². The summed E-state index contributed by atoms with van der Waals surface area (Å²) in [6.07, 6.45) is 5.66. The molecule has 0 amide bonds. The highest BCUT2D eigenvalue weighted by Gasteiger charge is 2.18. The van der Waals surface area contributed by atoms with Gasteiger partial charge < -0.3 is 14.6 Å². The van der Waals surface area contributed by atoms with Gasteiger partial charge in [0.15, 0.2) is 5.82 Å². The van der Waals surface area contributed by atoms with E-state index in [1.54, 1.807) is 6.33 Å². The molecule has 132 valence electrons.